The van der Waals surface area contributed by atoms with Gasteiger partial charge < -0.3 is 14.3 Å². The SMILES string of the molecule is CC(C)Oc1cccc(C(O)c2ccoc2)c1. The molecule has 1 atom stereocenters. The second-order valence-corrected chi connectivity index (χ2v) is 4.20. The Morgan fingerprint density at radius 3 is 2.65 bits per heavy atom. The molecule has 0 spiro atoms. The van der Waals surface area contributed by atoms with Gasteiger partial charge in [-0.25, -0.2) is 0 Å². The predicted molar refractivity (Wildman–Crippen MR) is 65.0 cm³/mol. The van der Waals surface area contributed by atoms with Crippen molar-refractivity contribution in [3.05, 3.63) is 54.0 Å². The summed E-state index contributed by atoms with van der Waals surface area (Å²) in [5, 5.41) is 10.1. The average molecular weight is 232 g/mol. The Morgan fingerprint density at radius 1 is 1.18 bits per heavy atom. The number of aliphatic hydroxyl groups is 1. The van der Waals surface area contributed by atoms with Gasteiger partial charge in [0, 0.05) is 5.56 Å². The topological polar surface area (TPSA) is 42.6 Å². The molecular weight excluding hydrogens is 216 g/mol. The maximum atomic E-state index is 10.1. The molecule has 0 saturated carbocycles. The van der Waals surface area contributed by atoms with Crippen molar-refractivity contribution in [3.63, 3.8) is 0 Å². The molecule has 90 valence electrons. The highest BCUT2D eigenvalue weighted by Gasteiger charge is 2.12. The van der Waals surface area contributed by atoms with E-state index in [-0.39, 0.29) is 6.10 Å². The molecule has 0 saturated heterocycles. The lowest BCUT2D eigenvalue weighted by atomic mass is 10.0. The van der Waals surface area contributed by atoms with Crippen molar-refractivity contribution in [3.8, 4) is 5.75 Å². The summed E-state index contributed by atoms with van der Waals surface area (Å²) in [6.07, 6.45) is 2.54. The molecule has 1 N–H and O–H groups in total. The highest BCUT2D eigenvalue weighted by Crippen LogP contribution is 2.25. The lowest BCUT2D eigenvalue weighted by Gasteiger charge is -2.13. The van der Waals surface area contributed by atoms with Gasteiger partial charge >= 0.3 is 0 Å². The fourth-order valence-corrected chi connectivity index (χ4v) is 1.65. The van der Waals surface area contributed by atoms with Crippen molar-refractivity contribution >= 4 is 0 Å². The molecule has 0 bridgehead atoms. The van der Waals surface area contributed by atoms with Gasteiger partial charge in [-0.05, 0) is 37.6 Å². The minimum atomic E-state index is -0.676. The summed E-state index contributed by atoms with van der Waals surface area (Å²) >= 11 is 0. The van der Waals surface area contributed by atoms with Crippen LogP contribution in [-0.2, 0) is 0 Å². The Hall–Kier alpha value is -1.74. The van der Waals surface area contributed by atoms with E-state index in [1.165, 1.54) is 0 Å². The largest absolute Gasteiger partial charge is 0.491 e. The second-order valence-electron chi connectivity index (χ2n) is 4.20. The lowest BCUT2D eigenvalue weighted by Crippen LogP contribution is -2.06. The first-order valence-electron chi connectivity index (χ1n) is 5.63. The number of hydrogen-bond acceptors (Lipinski definition) is 3. The number of benzene rings is 1. The van der Waals surface area contributed by atoms with E-state index in [0.717, 1.165) is 16.9 Å². The third-order valence-electron chi connectivity index (χ3n) is 2.40. The quantitative estimate of drug-likeness (QED) is 0.880. The van der Waals surface area contributed by atoms with E-state index < -0.39 is 6.10 Å². The summed E-state index contributed by atoms with van der Waals surface area (Å²) in [4.78, 5) is 0. The first-order valence-corrected chi connectivity index (χ1v) is 5.63. The van der Waals surface area contributed by atoms with E-state index in [2.05, 4.69) is 0 Å². The molecule has 1 aromatic carbocycles. The zero-order valence-electron chi connectivity index (χ0n) is 9.96. The molecule has 0 aliphatic heterocycles. The molecule has 1 aromatic heterocycles. The van der Waals surface area contributed by atoms with Crippen LogP contribution in [0.5, 0.6) is 5.75 Å². The van der Waals surface area contributed by atoms with Crippen LogP contribution in [0, 0.1) is 0 Å². The molecular formula is C14H16O3. The molecule has 1 unspecified atom stereocenters. The number of ether oxygens (including phenoxy) is 1. The molecule has 0 aliphatic rings. The van der Waals surface area contributed by atoms with Gasteiger partial charge in [-0.15, -0.1) is 0 Å². The van der Waals surface area contributed by atoms with E-state index >= 15 is 0 Å². The normalized spacial score (nSPS) is 12.7. The van der Waals surface area contributed by atoms with Crippen molar-refractivity contribution in [2.24, 2.45) is 0 Å². The summed E-state index contributed by atoms with van der Waals surface area (Å²) in [6, 6.07) is 9.21. The average Bonchev–Trinajstić information content (AvgIpc) is 2.81. The molecule has 0 fully saturated rings. The zero-order chi connectivity index (χ0) is 12.3. The third kappa shape index (κ3) is 2.88. The predicted octanol–water partition coefficient (Wildman–Crippen LogP) is 3.15. The van der Waals surface area contributed by atoms with Crippen molar-refractivity contribution in [1.82, 2.24) is 0 Å². The Labute approximate surface area is 101 Å². The maximum Gasteiger partial charge on any atom is 0.120 e. The molecule has 0 aliphatic carbocycles. The van der Waals surface area contributed by atoms with Crippen molar-refractivity contribution in [2.75, 3.05) is 0 Å². The molecule has 0 amide bonds. The van der Waals surface area contributed by atoms with Gasteiger partial charge in [-0.2, -0.15) is 0 Å². The van der Waals surface area contributed by atoms with E-state index in [1.807, 2.05) is 38.1 Å². The smallest absolute Gasteiger partial charge is 0.120 e. The van der Waals surface area contributed by atoms with Gasteiger partial charge in [-0.1, -0.05) is 12.1 Å². The highest BCUT2D eigenvalue weighted by molar-refractivity contribution is 5.34. The van der Waals surface area contributed by atoms with Crippen LogP contribution in [0.4, 0.5) is 0 Å². The fourth-order valence-electron chi connectivity index (χ4n) is 1.65. The summed E-state index contributed by atoms with van der Waals surface area (Å²) in [6.45, 7) is 3.94. The van der Waals surface area contributed by atoms with Crippen LogP contribution >= 0.6 is 0 Å². The zero-order valence-corrected chi connectivity index (χ0v) is 9.96. The fraction of sp³-hybridized carbons (Fsp3) is 0.286. The lowest BCUT2D eigenvalue weighted by molar-refractivity contribution is 0.215. The number of rotatable bonds is 4. The standard InChI is InChI=1S/C14H16O3/c1-10(2)17-13-5-3-4-11(8-13)14(15)12-6-7-16-9-12/h3-10,14-15H,1-2H3. The van der Waals surface area contributed by atoms with Gasteiger partial charge in [0.15, 0.2) is 0 Å². The summed E-state index contributed by atoms with van der Waals surface area (Å²) in [5.74, 6) is 0.764. The Bertz CT molecular complexity index is 460. The van der Waals surface area contributed by atoms with Crippen LogP contribution in [0.1, 0.15) is 31.1 Å². The van der Waals surface area contributed by atoms with Crippen LogP contribution in [0.15, 0.2) is 47.3 Å². The van der Waals surface area contributed by atoms with Gasteiger partial charge in [0.25, 0.3) is 0 Å². The highest BCUT2D eigenvalue weighted by atomic mass is 16.5. The number of aliphatic hydroxyl groups excluding tert-OH is 1. The van der Waals surface area contributed by atoms with E-state index in [4.69, 9.17) is 9.15 Å². The molecule has 2 rings (SSSR count). The van der Waals surface area contributed by atoms with Gasteiger partial charge in [0.2, 0.25) is 0 Å². The maximum absolute atomic E-state index is 10.1. The molecule has 3 nitrogen and oxygen atoms in total. The minimum absolute atomic E-state index is 0.122. The van der Waals surface area contributed by atoms with E-state index in [0.29, 0.717) is 0 Å². The third-order valence-corrected chi connectivity index (χ3v) is 2.40. The summed E-state index contributed by atoms with van der Waals surface area (Å²) in [7, 11) is 0. The molecule has 3 heteroatoms. The molecule has 2 aromatic rings. The number of hydrogen-bond donors (Lipinski definition) is 1. The van der Waals surface area contributed by atoms with Gasteiger partial charge in [0.1, 0.15) is 11.9 Å². The van der Waals surface area contributed by atoms with Crippen LogP contribution in [-0.4, -0.2) is 11.2 Å². The second kappa shape index (κ2) is 5.06. The van der Waals surface area contributed by atoms with Crippen molar-refractivity contribution in [1.29, 1.82) is 0 Å². The Balaban J connectivity index is 2.21. The van der Waals surface area contributed by atoms with Gasteiger partial charge in [0.05, 0.1) is 18.6 Å². The molecule has 17 heavy (non-hydrogen) atoms. The summed E-state index contributed by atoms with van der Waals surface area (Å²) in [5.41, 5.74) is 1.54. The Morgan fingerprint density at radius 2 is 2.00 bits per heavy atom. The molecule has 0 radical (unpaired) electrons. The van der Waals surface area contributed by atoms with E-state index in [9.17, 15) is 5.11 Å². The van der Waals surface area contributed by atoms with Crippen molar-refractivity contribution in [2.45, 2.75) is 26.1 Å². The van der Waals surface area contributed by atoms with Crippen LogP contribution in [0.25, 0.3) is 0 Å². The minimum Gasteiger partial charge on any atom is -0.491 e. The Kier molecular flexibility index (Phi) is 3.49. The molecule has 1 heterocycles. The van der Waals surface area contributed by atoms with Crippen LogP contribution in [0.3, 0.4) is 0 Å². The monoisotopic (exact) mass is 232 g/mol. The van der Waals surface area contributed by atoms with Gasteiger partial charge in [-0.3, -0.25) is 0 Å². The summed E-state index contributed by atoms with van der Waals surface area (Å²) < 4.78 is 10.5. The first kappa shape index (κ1) is 11.7. The number of furan rings is 1. The van der Waals surface area contributed by atoms with Crippen LogP contribution < -0.4 is 4.74 Å². The van der Waals surface area contributed by atoms with Crippen LogP contribution in [0.2, 0.25) is 0 Å². The van der Waals surface area contributed by atoms with Crippen molar-refractivity contribution < 1.29 is 14.3 Å². The first-order chi connectivity index (χ1) is 8.16. The van der Waals surface area contributed by atoms with E-state index in [1.54, 1.807) is 18.6 Å².